The van der Waals surface area contributed by atoms with Crippen LogP contribution < -0.4 is 4.74 Å². The van der Waals surface area contributed by atoms with Crippen molar-refractivity contribution < 1.29 is 19.4 Å². The molecule has 0 radical (unpaired) electrons. The van der Waals surface area contributed by atoms with E-state index in [4.69, 9.17) is 9.47 Å². The largest absolute Gasteiger partial charge is 0.491 e. The Bertz CT molecular complexity index is 664. The average molecular weight is 326 g/mol. The van der Waals surface area contributed by atoms with Gasteiger partial charge < -0.3 is 14.6 Å². The molecule has 0 saturated heterocycles. The maximum absolute atomic E-state index is 11.4. The van der Waals surface area contributed by atoms with E-state index in [1.165, 1.54) is 6.08 Å². The number of ether oxygens (including phenoxy) is 2. The molecule has 0 aliphatic heterocycles. The quantitative estimate of drug-likeness (QED) is 0.598. The summed E-state index contributed by atoms with van der Waals surface area (Å²) in [4.78, 5) is 11.4. The molecular formula is C20H22O4. The minimum Gasteiger partial charge on any atom is -0.491 e. The SMILES string of the molecule is CCOC(=O)/C=C/c1ccccc1CC(O)COc1ccccc1. The summed E-state index contributed by atoms with van der Waals surface area (Å²) in [5, 5.41) is 10.2. The summed E-state index contributed by atoms with van der Waals surface area (Å²) < 4.78 is 10.4. The lowest BCUT2D eigenvalue weighted by molar-refractivity contribution is -0.137. The zero-order valence-electron chi connectivity index (χ0n) is 13.7. The van der Waals surface area contributed by atoms with E-state index < -0.39 is 6.10 Å². The molecular weight excluding hydrogens is 304 g/mol. The first-order valence-electron chi connectivity index (χ1n) is 7.97. The summed E-state index contributed by atoms with van der Waals surface area (Å²) in [5.74, 6) is 0.354. The van der Waals surface area contributed by atoms with Crippen LogP contribution in [0.2, 0.25) is 0 Å². The minimum atomic E-state index is -0.637. The second kappa shape index (κ2) is 9.53. The molecule has 0 saturated carbocycles. The summed E-state index contributed by atoms with van der Waals surface area (Å²) in [7, 11) is 0. The van der Waals surface area contributed by atoms with Gasteiger partial charge in [-0.25, -0.2) is 4.79 Å². The van der Waals surface area contributed by atoms with Gasteiger partial charge in [0.25, 0.3) is 0 Å². The fourth-order valence-electron chi connectivity index (χ4n) is 2.25. The number of rotatable bonds is 8. The average Bonchev–Trinajstić information content (AvgIpc) is 2.60. The van der Waals surface area contributed by atoms with Gasteiger partial charge >= 0.3 is 5.97 Å². The summed E-state index contributed by atoms with van der Waals surface area (Å²) in [6.45, 7) is 2.32. The molecule has 0 aliphatic carbocycles. The third-order valence-electron chi connectivity index (χ3n) is 3.38. The van der Waals surface area contributed by atoms with Gasteiger partial charge in [-0.3, -0.25) is 0 Å². The zero-order chi connectivity index (χ0) is 17.2. The van der Waals surface area contributed by atoms with Crippen molar-refractivity contribution >= 4 is 12.0 Å². The highest BCUT2D eigenvalue weighted by molar-refractivity contribution is 5.87. The molecule has 2 aromatic rings. The Morgan fingerprint density at radius 2 is 1.83 bits per heavy atom. The van der Waals surface area contributed by atoms with Crippen molar-refractivity contribution in [3.05, 3.63) is 71.8 Å². The van der Waals surface area contributed by atoms with Gasteiger partial charge in [0.1, 0.15) is 12.4 Å². The molecule has 126 valence electrons. The number of para-hydroxylation sites is 1. The molecule has 2 aromatic carbocycles. The fourth-order valence-corrected chi connectivity index (χ4v) is 2.25. The predicted octanol–water partition coefficient (Wildman–Crippen LogP) is 3.25. The van der Waals surface area contributed by atoms with Crippen molar-refractivity contribution in [3.8, 4) is 5.75 Å². The Hall–Kier alpha value is -2.59. The van der Waals surface area contributed by atoms with Crippen LogP contribution in [0.5, 0.6) is 5.75 Å². The van der Waals surface area contributed by atoms with Crippen LogP contribution >= 0.6 is 0 Å². The predicted molar refractivity (Wildman–Crippen MR) is 93.8 cm³/mol. The molecule has 4 nitrogen and oxygen atoms in total. The highest BCUT2D eigenvalue weighted by Crippen LogP contribution is 2.15. The Kier molecular flexibility index (Phi) is 7.05. The molecule has 0 amide bonds. The van der Waals surface area contributed by atoms with Crippen LogP contribution in [0.4, 0.5) is 0 Å². The maximum Gasteiger partial charge on any atom is 0.330 e. The van der Waals surface area contributed by atoms with Gasteiger partial charge in [-0.15, -0.1) is 0 Å². The monoisotopic (exact) mass is 326 g/mol. The molecule has 1 atom stereocenters. The lowest BCUT2D eigenvalue weighted by Gasteiger charge is -2.14. The number of carbonyl (C=O) groups is 1. The molecule has 0 fully saturated rings. The van der Waals surface area contributed by atoms with Crippen LogP contribution in [-0.2, 0) is 16.0 Å². The van der Waals surface area contributed by atoms with Crippen molar-refractivity contribution in [3.63, 3.8) is 0 Å². The van der Waals surface area contributed by atoms with Crippen molar-refractivity contribution in [1.29, 1.82) is 0 Å². The van der Waals surface area contributed by atoms with Crippen molar-refractivity contribution in [2.45, 2.75) is 19.4 Å². The van der Waals surface area contributed by atoms with Gasteiger partial charge in [0.2, 0.25) is 0 Å². The Morgan fingerprint density at radius 1 is 1.12 bits per heavy atom. The first kappa shape index (κ1) is 17.8. The van der Waals surface area contributed by atoms with Crippen molar-refractivity contribution in [1.82, 2.24) is 0 Å². The van der Waals surface area contributed by atoms with E-state index in [2.05, 4.69) is 0 Å². The molecule has 2 rings (SSSR count). The number of aliphatic hydroxyl groups excluding tert-OH is 1. The first-order chi connectivity index (χ1) is 11.7. The molecule has 0 aromatic heterocycles. The molecule has 0 heterocycles. The third-order valence-corrected chi connectivity index (χ3v) is 3.38. The summed E-state index contributed by atoms with van der Waals surface area (Å²) in [5.41, 5.74) is 1.83. The number of hydrogen-bond acceptors (Lipinski definition) is 4. The van der Waals surface area contributed by atoms with Crippen molar-refractivity contribution in [2.24, 2.45) is 0 Å². The normalized spacial score (nSPS) is 12.1. The van der Waals surface area contributed by atoms with Crippen LogP contribution in [0.1, 0.15) is 18.1 Å². The number of carbonyl (C=O) groups excluding carboxylic acids is 1. The highest BCUT2D eigenvalue weighted by atomic mass is 16.5. The minimum absolute atomic E-state index is 0.208. The fraction of sp³-hybridized carbons (Fsp3) is 0.250. The summed E-state index contributed by atoms with van der Waals surface area (Å²) >= 11 is 0. The highest BCUT2D eigenvalue weighted by Gasteiger charge is 2.09. The van der Waals surface area contributed by atoms with Gasteiger partial charge in [-0.05, 0) is 36.3 Å². The van der Waals surface area contributed by atoms with E-state index in [9.17, 15) is 9.90 Å². The van der Waals surface area contributed by atoms with E-state index >= 15 is 0 Å². The molecule has 0 bridgehead atoms. The Labute approximate surface area is 142 Å². The van der Waals surface area contributed by atoms with Crippen LogP contribution in [-0.4, -0.2) is 30.4 Å². The second-order valence-corrected chi connectivity index (χ2v) is 5.27. The van der Waals surface area contributed by atoms with E-state index in [0.29, 0.717) is 13.0 Å². The zero-order valence-corrected chi connectivity index (χ0v) is 13.7. The van der Waals surface area contributed by atoms with E-state index in [1.807, 2.05) is 54.6 Å². The smallest absolute Gasteiger partial charge is 0.330 e. The van der Waals surface area contributed by atoms with Crippen LogP contribution in [0.15, 0.2) is 60.7 Å². The third kappa shape index (κ3) is 5.89. The van der Waals surface area contributed by atoms with E-state index in [-0.39, 0.29) is 12.6 Å². The van der Waals surface area contributed by atoms with Gasteiger partial charge in [-0.2, -0.15) is 0 Å². The first-order valence-corrected chi connectivity index (χ1v) is 7.97. The summed E-state index contributed by atoms with van der Waals surface area (Å²) in [6.07, 6.45) is 2.91. The molecule has 1 N–H and O–H groups in total. The molecule has 24 heavy (non-hydrogen) atoms. The van der Waals surface area contributed by atoms with Gasteiger partial charge in [0.05, 0.1) is 12.7 Å². The molecule has 4 heteroatoms. The van der Waals surface area contributed by atoms with Crippen LogP contribution in [0.3, 0.4) is 0 Å². The maximum atomic E-state index is 11.4. The summed E-state index contributed by atoms with van der Waals surface area (Å²) in [6, 6.07) is 17.0. The Balaban J connectivity index is 1.95. The van der Waals surface area contributed by atoms with Gasteiger partial charge in [-0.1, -0.05) is 42.5 Å². The standard InChI is InChI=1S/C20H22O4/c1-2-23-20(22)13-12-16-8-6-7-9-17(16)14-18(21)15-24-19-10-4-3-5-11-19/h3-13,18,21H,2,14-15H2,1H3/b13-12+. The molecule has 1 unspecified atom stereocenters. The van der Waals surface area contributed by atoms with Gasteiger partial charge in [0, 0.05) is 12.5 Å². The number of hydrogen-bond donors (Lipinski definition) is 1. The lowest BCUT2D eigenvalue weighted by atomic mass is 10.0. The van der Waals surface area contributed by atoms with E-state index in [0.717, 1.165) is 16.9 Å². The number of esters is 1. The Morgan fingerprint density at radius 3 is 2.58 bits per heavy atom. The second-order valence-electron chi connectivity index (χ2n) is 5.27. The van der Waals surface area contributed by atoms with Crippen LogP contribution in [0, 0.1) is 0 Å². The number of aliphatic hydroxyl groups is 1. The topological polar surface area (TPSA) is 55.8 Å². The van der Waals surface area contributed by atoms with Crippen LogP contribution in [0.25, 0.3) is 6.08 Å². The molecule has 0 aliphatic rings. The van der Waals surface area contributed by atoms with E-state index in [1.54, 1.807) is 13.0 Å². The van der Waals surface area contributed by atoms with Gasteiger partial charge in [0.15, 0.2) is 0 Å². The molecule has 0 spiro atoms. The lowest BCUT2D eigenvalue weighted by Crippen LogP contribution is -2.20. The van der Waals surface area contributed by atoms with Crippen molar-refractivity contribution in [2.75, 3.05) is 13.2 Å². The number of benzene rings is 2.